The van der Waals surface area contributed by atoms with Crippen LogP contribution in [0.3, 0.4) is 0 Å². The van der Waals surface area contributed by atoms with Crippen molar-refractivity contribution in [3.8, 4) is 12.3 Å². The van der Waals surface area contributed by atoms with Gasteiger partial charge in [-0.3, -0.25) is 0 Å². The van der Waals surface area contributed by atoms with Crippen LogP contribution in [0.15, 0.2) is 12.1 Å². The minimum Gasteiger partial charge on any atom is -0.478 e. The van der Waals surface area contributed by atoms with Crippen LogP contribution in [0.1, 0.15) is 23.7 Å². The Bertz CT molecular complexity index is 573. The Morgan fingerprint density at radius 2 is 1.95 bits per heavy atom. The number of halogens is 2. The molecular weight excluding hydrogens is 315 g/mol. The van der Waals surface area contributed by atoms with Crippen LogP contribution in [0, 0.1) is 12.3 Å². The molecule has 0 aliphatic carbocycles. The third kappa shape index (κ3) is 4.55. The Hall–Kier alpha value is -1.90. The molecule has 2 N–H and O–H groups in total. The van der Waals surface area contributed by atoms with Gasteiger partial charge < -0.3 is 15.3 Å². The summed E-state index contributed by atoms with van der Waals surface area (Å²) in [6.07, 6.45) is 5.96. The van der Waals surface area contributed by atoms with Crippen molar-refractivity contribution in [1.29, 1.82) is 0 Å². The van der Waals surface area contributed by atoms with E-state index in [1.807, 2.05) is 6.92 Å². The van der Waals surface area contributed by atoms with Crippen LogP contribution in [-0.4, -0.2) is 35.1 Å². The molecule has 1 rings (SSSR count). The number of carboxylic acid groups (broad SMARTS) is 1. The highest BCUT2D eigenvalue weighted by Crippen LogP contribution is 2.32. The second-order valence-corrected chi connectivity index (χ2v) is 4.99. The van der Waals surface area contributed by atoms with E-state index >= 15 is 0 Å². The number of benzene rings is 1. The molecule has 2 amide bonds. The van der Waals surface area contributed by atoms with E-state index in [9.17, 15) is 9.59 Å². The number of anilines is 1. The summed E-state index contributed by atoms with van der Waals surface area (Å²) in [6.45, 7) is 2.55. The summed E-state index contributed by atoms with van der Waals surface area (Å²) in [4.78, 5) is 24.4. The minimum atomic E-state index is -1.16. The van der Waals surface area contributed by atoms with Gasteiger partial charge in [0.15, 0.2) is 0 Å². The van der Waals surface area contributed by atoms with Crippen LogP contribution in [0.2, 0.25) is 10.0 Å². The fourth-order valence-corrected chi connectivity index (χ4v) is 2.22. The van der Waals surface area contributed by atoms with Crippen molar-refractivity contribution in [1.82, 2.24) is 4.90 Å². The molecule has 0 aliphatic heterocycles. The summed E-state index contributed by atoms with van der Waals surface area (Å²) >= 11 is 11.9. The molecular formula is C14H14Cl2N2O3. The van der Waals surface area contributed by atoms with Gasteiger partial charge in [-0.25, -0.2) is 9.59 Å². The van der Waals surface area contributed by atoms with Crippen molar-refractivity contribution < 1.29 is 14.7 Å². The van der Waals surface area contributed by atoms with Crippen molar-refractivity contribution >= 4 is 40.9 Å². The van der Waals surface area contributed by atoms with Crippen LogP contribution in [-0.2, 0) is 0 Å². The number of urea groups is 1. The number of carbonyl (C=O) groups is 2. The van der Waals surface area contributed by atoms with Gasteiger partial charge in [0.05, 0.1) is 27.8 Å². The summed E-state index contributed by atoms with van der Waals surface area (Å²) in [5, 5.41) is 11.5. The van der Waals surface area contributed by atoms with Crippen molar-refractivity contribution in [2.75, 3.05) is 18.4 Å². The lowest BCUT2D eigenvalue weighted by Crippen LogP contribution is -2.36. The number of carbonyl (C=O) groups excluding carboxylic acids is 1. The van der Waals surface area contributed by atoms with Gasteiger partial charge >= 0.3 is 12.0 Å². The van der Waals surface area contributed by atoms with Gasteiger partial charge in [-0.1, -0.05) is 36.0 Å². The number of hydrogen-bond donors (Lipinski definition) is 2. The lowest BCUT2D eigenvalue weighted by atomic mass is 10.2. The zero-order valence-electron chi connectivity index (χ0n) is 11.3. The Morgan fingerprint density at radius 3 is 2.38 bits per heavy atom. The number of aromatic carboxylic acids is 1. The van der Waals surface area contributed by atoms with Crippen molar-refractivity contribution in [3.63, 3.8) is 0 Å². The van der Waals surface area contributed by atoms with E-state index in [0.717, 1.165) is 6.42 Å². The predicted octanol–water partition coefficient (Wildman–Crippen LogP) is 3.57. The average molecular weight is 329 g/mol. The first-order valence-corrected chi connectivity index (χ1v) is 6.88. The highest BCUT2D eigenvalue weighted by atomic mass is 35.5. The monoisotopic (exact) mass is 328 g/mol. The molecule has 0 spiro atoms. The molecule has 0 bridgehead atoms. The van der Waals surface area contributed by atoms with Crippen LogP contribution in [0.4, 0.5) is 10.5 Å². The fourth-order valence-electron chi connectivity index (χ4n) is 1.63. The predicted molar refractivity (Wildman–Crippen MR) is 83.1 cm³/mol. The molecule has 0 atom stereocenters. The van der Waals surface area contributed by atoms with Gasteiger partial charge in [-0.15, -0.1) is 6.42 Å². The molecule has 1 aromatic carbocycles. The Labute approximate surface area is 132 Å². The maximum Gasteiger partial charge on any atom is 0.335 e. The molecule has 0 radical (unpaired) electrons. The normalized spacial score (nSPS) is 9.81. The standard InChI is InChI=1S/C14H14Cl2N2O3/c1-3-5-18(6-4-2)14(21)17-12-10(15)7-9(13(19)20)8-11(12)16/h1,7-8H,4-6H2,2H3,(H,17,21)(H,19,20). The first-order valence-electron chi connectivity index (χ1n) is 6.12. The summed E-state index contributed by atoms with van der Waals surface area (Å²) in [5.41, 5.74) is 0.100. The molecule has 0 aliphatic rings. The van der Waals surface area contributed by atoms with E-state index in [2.05, 4.69) is 11.2 Å². The van der Waals surface area contributed by atoms with E-state index < -0.39 is 12.0 Å². The molecule has 0 saturated heterocycles. The number of nitrogens with zero attached hydrogens (tertiary/aromatic N) is 1. The molecule has 0 heterocycles. The van der Waals surface area contributed by atoms with Gasteiger partial charge in [-0.05, 0) is 18.6 Å². The highest BCUT2D eigenvalue weighted by molar-refractivity contribution is 6.40. The SMILES string of the molecule is C#CCN(CCC)C(=O)Nc1c(Cl)cc(C(=O)O)cc1Cl. The van der Waals surface area contributed by atoms with Crippen LogP contribution in [0.5, 0.6) is 0 Å². The number of hydrogen-bond acceptors (Lipinski definition) is 2. The van der Waals surface area contributed by atoms with Crippen molar-refractivity contribution in [2.24, 2.45) is 0 Å². The zero-order valence-corrected chi connectivity index (χ0v) is 12.8. The topological polar surface area (TPSA) is 69.6 Å². The Kier molecular flexibility index (Phi) is 6.35. The third-order valence-electron chi connectivity index (χ3n) is 2.58. The molecule has 0 fully saturated rings. The lowest BCUT2D eigenvalue weighted by Gasteiger charge is -2.21. The van der Waals surface area contributed by atoms with Gasteiger partial charge in [0.2, 0.25) is 0 Å². The highest BCUT2D eigenvalue weighted by Gasteiger charge is 2.17. The van der Waals surface area contributed by atoms with Crippen LogP contribution < -0.4 is 5.32 Å². The van der Waals surface area contributed by atoms with Gasteiger partial charge in [0, 0.05) is 6.54 Å². The Morgan fingerprint density at radius 1 is 1.38 bits per heavy atom. The molecule has 1 aromatic rings. The summed E-state index contributed by atoms with van der Waals surface area (Å²) in [7, 11) is 0. The smallest absolute Gasteiger partial charge is 0.335 e. The average Bonchev–Trinajstić information content (AvgIpc) is 2.42. The molecule has 0 unspecified atom stereocenters. The van der Waals surface area contributed by atoms with E-state index in [0.29, 0.717) is 6.54 Å². The van der Waals surface area contributed by atoms with Gasteiger partial charge in [-0.2, -0.15) is 0 Å². The number of carboxylic acids is 1. The first kappa shape index (κ1) is 17.2. The number of terminal acetylenes is 1. The van der Waals surface area contributed by atoms with E-state index in [-0.39, 0.29) is 27.8 Å². The van der Waals surface area contributed by atoms with E-state index in [4.69, 9.17) is 34.7 Å². The molecule has 21 heavy (non-hydrogen) atoms. The molecule has 0 aromatic heterocycles. The third-order valence-corrected chi connectivity index (χ3v) is 3.18. The molecule has 112 valence electrons. The fraction of sp³-hybridized carbons (Fsp3) is 0.286. The van der Waals surface area contributed by atoms with Gasteiger partial charge in [0.1, 0.15) is 0 Å². The zero-order chi connectivity index (χ0) is 16.0. The van der Waals surface area contributed by atoms with E-state index in [1.54, 1.807) is 0 Å². The first-order chi connectivity index (χ1) is 9.90. The number of nitrogens with one attached hydrogen (secondary N) is 1. The number of amides is 2. The van der Waals surface area contributed by atoms with Crippen molar-refractivity contribution in [2.45, 2.75) is 13.3 Å². The second-order valence-electron chi connectivity index (χ2n) is 4.18. The second kappa shape index (κ2) is 7.77. The van der Waals surface area contributed by atoms with E-state index in [1.165, 1.54) is 17.0 Å². The lowest BCUT2D eigenvalue weighted by molar-refractivity contribution is 0.0697. The summed E-state index contributed by atoms with van der Waals surface area (Å²) in [6, 6.07) is 2.00. The summed E-state index contributed by atoms with van der Waals surface area (Å²) < 4.78 is 0. The van der Waals surface area contributed by atoms with Crippen molar-refractivity contribution in [3.05, 3.63) is 27.7 Å². The quantitative estimate of drug-likeness (QED) is 0.812. The summed E-state index contributed by atoms with van der Waals surface area (Å²) in [5.74, 6) is 1.24. The van der Waals surface area contributed by atoms with Crippen LogP contribution in [0.25, 0.3) is 0 Å². The largest absolute Gasteiger partial charge is 0.478 e. The minimum absolute atomic E-state index is 0.0467. The molecule has 5 nitrogen and oxygen atoms in total. The van der Waals surface area contributed by atoms with Crippen LogP contribution >= 0.6 is 23.2 Å². The van der Waals surface area contributed by atoms with Gasteiger partial charge in [0.25, 0.3) is 0 Å². The maximum atomic E-state index is 12.1. The molecule has 7 heteroatoms. The molecule has 0 saturated carbocycles. The Balaban J connectivity index is 2.99. The maximum absolute atomic E-state index is 12.1. The number of rotatable bonds is 5.